The molecule has 1 aliphatic rings. The smallest absolute Gasteiger partial charge is 0.323 e. The first-order valence-electron chi connectivity index (χ1n) is 5.59. The van der Waals surface area contributed by atoms with E-state index in [0.717, 1.165) is 0 Å². The molecule has 96 valence electrons. The van der Waals surface area contributed by atoms with Crippen molar-refractivity contribution in [3.63, 3.8) is 0 Å². The van der Waals surface area contributed by atoms with Crippen LogP contribution >= 0.6 is 11.6 Å². The second-order valence-corrected chi connectivity index (χ2v) is 4.73. The van der Waals surface area contributed by atoms with Gasteiger partial charge in [0.1, 0.15) is 17.5 Å². The van der Waals surface area contributed by atoms with Crippen LogP contribution in [0.5, 0.6) is 0 Å². The van der Waals surface area contributed by atoms with Gasteiger partial charge >= 0.3 is 5.97 Å². The fourth-order valence-electron chi connectivity index (χ4n) is 2.50. The number of aldehydes is 1. The van der Waals surface area contributed by atoms with Gasteiger partial charge in [0.25, 0.3) is 0 Å². The lowest BCUT2D eigenvalue weighted by Crippen LogP contribution is -2.42. The molecule has 0 aliphatic heterocycles. The molecule has 0 heterocycles. The summed E-state index contributed by atoms with van der Waals surface area (Å²) in [4.78, 5) is 23.3. The Morgan fingerprint density at radius 1 is 1.56 bits per heavy atom. The van der Waals surface area contributed by atoms with E-state index < -0.39 is 17.2 Å². The van der Waals surface area contributed by atoms with Crippen LogP contribution in [0.1, 0.15) is 24.0 Å². The van der Waals surface area contributed by atoms with Crippen molar-refractivity contribution in [1.82, 2.24) is 0 Å². The fourth-order valence-corrected chi connectivity index (χ4v) is 2.68. The maximum atomic E-state index is 13.9. The first-order chi connectivity index (χ1) is 8.56. The molecule has 1 aromatic rings. The van der Waals surface area contributed by atoms with Crippen molar-refractivity contribution in [2.45, 2.75) is 24.7 Å². The number of carbonyl (C=O) groups is 2. The molecule has 0 aromatic heterocycles. The predicted octanol–water partition coefficient (Wildman–Crippen LogP) is 2.43. The molecule has 2 rings (SSSR count). The molecular formula is C13H12ClFO3. The highest BCUT2D eigenvalue weighted by Gasteiger charge is 2.45. The third-order valence-electron chi connectivity index (χ3n) is 3.43. The molecule has 0 radical (unpaired) electrons. The van der Waals surface area contributed by atoms with Gasteiger partial charge in [0.2, 0.25) is 0 Å². The molecule has 1 aromatic carbocycles. The van der Waals surface area contributed by atoms with Crippen LogP contribution in [0.25, 0.3) is 0 Å². The maximum absolute atomic E-state index is 13.9. The van der Waals surface area contributed by atoms with Crippen molar-refractivity contribution < 1.29 is 18.7 Å². The molecule has 1 aliphatic carbocycles. The van der Waals surface area contributed by atoms with Crippen molar-refractivity contribution in [3.05, 3.63) is 34.1 Å². The SMILES string of the molecule is COC(=O)[C@@]1(C=O)CCCc2c1ccc(Cl)c2F. The molecule has 0 saturated carbocycles. The summed E-state index contributed by atoms with van der Waals surface area (Å²) in [6, 6.07) is 2.90. The molecule has 1 atom stereocenters. The number of hydrogen-bond acceptors (Lipinski definition) is 3. The molecule has 0 amide bonds. The second kappa shape index (κ2) is 4.69. The zero-order valence-corrected chi connectivity index (χ0v) is 10.6. The topological polar surface area (TPSA) is 43.4 Å². The monoisotopic (exact) mass is 270 g/mol. The summed E-state index contributed by atoms with van der Waals surface area (Å²) >= 11 is 5.72. The van der Waals surface area contributed by atoms with E-state index in [4.69, 9.17) is 11.6 Å². The molecule has 5 heteroatoms. The van der Waals surface area contributed by atoms with Crippen LogP contribution in [0, 0.1) is 5.82 Å². The lowest BCUT2D eigenvalue weighted by atomic mass is 9.71. The molecule has 0 N–H and O–H groups in total. The number of benzene rings is 1. The van der Waals surface area contributed by atoms with E-state index in [1.807, 2.05) is 0 Å². The standard InChI is InChI=1S/C13H12ClFO3/c1-18-12(17)13(7-16)6-2-3-8-9(13)4-5-10(14)11(8)15/h4-5,7H,2-3,6H2,1H3/t13-/m1/s1. The molecule has 3 nitrogen and oxygen atoms in total. The van der Waals surface area contributed by atoms with Gasteiger partial charge in [-0.05, 0) is 36.5 Å². The zero-order valence-electron chi connectivity index (χ0n) is 9.83. The molecule has 18 heavy (non-hydrogen) atoms. The Balaban J connectivity index is 2.67. The molecule has 0 saturated heterocycles. The summed E-state index contributed by atoms with van der Waals surface area (Å²) in [5.41, 5.74) is -0.683. The summed E-state index contributed by atoms with van der Waals surface area (Å²) < 4.78 is 18.6. The molecular weight excluding hydrogens is 259 g/mol. The Morgan fingerprint density at radius 2 is 2.28 bits per heavy atom. The third-order valence-corrected chi connectivity index (χ3v) is 3.72. The van der Waals surface area contributed by atoms with Crippen molar-refractivity contribution >= 4 is 23.9 Å². The normalized spacial score (nSPS) is 22.2. The Morgan fingerprint density at radius 3 is 2.89 bits per heavy atom. The van der Waals surface area contributed by atoms with Gasteiger partial charge in [-0.25, -0.2) is 4.39 Å². The summed E-state index contributed by atoms with van der Waals surface area (Å²) in [6.45, 7) is 0. The highest BCUT2D eigenvalue weighted by atomic mass is 35.5. The molecule has 0 unspecified atom stereocenters. The number of rotatable bonds is 2. The quantitative estimate of drug-likeness (QED) is 0.471. The van der Waals surface area contributed by atoms with Crippen molar-refractivity contribution in [2.75, 3.05) is 7.11 Å². The van der Waals surface area contributed by atoms with Crippen LogP contribution in [-0.4, -0.2) is 19.4 Å². The van der Waals surface area contributed by atoms with Gasteiger partial charge in [0.05, 0.1) is 12.1 Å². The van der Waals surface area contributed by atoms with Gasteiger partial charge < -0.3 is 9.53 Å². The molecule has 0 fully saturated rings. The van der Waals surface area contributed by atoms with E-state index in [2.05, 4.69) is 4.74 Å². The number of hydrogen-bond donors (Lipinski definition) is 0. The summed E-state index contributed by atoms with van der Waals surface area (Å²) in [7, 11) is 1.22. The minimum Gasteiger partial charge on any atom is -0.468 e. The van der Waals surface area contributed by atoms with E-state index in [0.29, 0.717) is 36.7 Å². The highest BCUT2D eigenvalue weighted by Crippen LogP contribution is 2.39. The first kappa shape index (κ1) is 13.0. The van der Waals surface area contributed by atoms with Crippen LogP contribution in [0.3, 0.4) is 0 Å². The fraction of sp³-hybridized carbons (Fsp3) is 0.385. The number of ether oxygens (including phenoxy) is 1. The minimum atomic E-state index is -1.40. The number of halogens is 2. The zero-order chi connectivity index (χ0) is 13.3. The number of methoxy groups -OCH3 is 1. The van der Waals surface area contributed by atoms with Crippen LogP contribution < -0.4 is 0 Å². The van der Waals surface area contributed by atoms with E-state index in [-0.39, 0.29) is 5.02 Å². The summed E-state index contributed by atoms with van der Waals surface area (Å²) in [5, 5.41) is 0.000291. The average Bonchev–Trinajstić information content (AvgIpc) is 2.41. The van der Waals surface area contributed by atoms with Gasteiger partial charge in [-0.3, -0.25) is 4.79 Å². The minimum absolute atomic E-state index is 0.000291. The van der Waals surface area contributed by atoms with Crippen LogP contribution in [0.2, 0.25) is 5.02 Å². The largest absolute Gasteiger partial charge is 0.468 e. The average molecular weight is 271 g/mol. The first-order valence-corrected chi connectivity index (χ1v) is 5.96. The summed E-state index contributed by atoms with van der Waals surface area (Å²) in [6.07, 6.45) is 1.88. The van der Waals surface area contributed by atoms with Gasteiger partial charge in [0, 0.05) is 0 Å². The molecule has 0 bridgehead atoms. The third kappa shape index (κ3) is 1.72. The predicted molar refractivity (Wildman–Crippen MR) is 64.1 cm³/mol. The van der Waals surface area contributed by atoms with E-state index in [1.54, 1.807) is 0 Å². The van der Waals surface area contributed by atoms with Crippen LogP contribution in [0.4, 0.5) is 4.39 Å². The maximum Gasteiger partial charge on any atom is 0.323 e. The highest BCUT2D eigenvalue weighted by molar-refractivity contribution is 6.30. The van der Waals surface area contributed by atoms with Crippen LogP contribution in [-0.2, 0) is 26.2 Å². The Bertz CT molecular complexity index is 515. The van der Waals surface area contributed by atoms with Crippen molar-refractivity contribution in [1.29, 1.82) is 0 Å². The van der Waals surface area contributed by atoms with Gasteiger partial charge in [-0.2, -0.15) is 0 Å². The van der Waals surface area contributed by atoms with Gasteiger partial charge in [-0.15, -0.1) is 0 Å². The van der Waals surface area contributed by atoms with Crippen molar-refractivity contribution in [2.24, 2.45) is 0 Å². The number of carbonyl (C=O) groups excluding carboxylic acids is 2. The van der Waals surface area contributed by atoms with E-state index in [1.165, 1.54) is 19.2 Å². The Hall–Kier alpha value is -1.42. The Kier molecular flexibility index (Phi) is 3.39. The van der Waals surface area contributed by atoms with E-state index in [9.17, 15) is 14.0 Å². The van der Waals surface area contributed by atoms with E-state index >= 15 is 0 Å². The van der Waals surface area contributed by atoms with Crippen LogP contribution in [0.15, 0.2) is 12.1 Å². The number of esters is 1. The second-order valence-electron chi connectivity index (χ2n) is 4.32. The lowest BCUT2D eigenvalue weighted by Gasteiger charge is -2.32. The van der Waals surface area contributed by atoms with Gasteiger partial charge in [-0.1, -0.05) is 17.7 Å². The summed E-state index contributed by atoms with van der Waals surface area (Å²) in [5.74, 6) is -1.20. The lowest BCUT2D eigenvalue weighted by molar-refractivity contribution is -0.150. The molecule has 0 spiro atoms. The Labute approximate surface area is 109 Å². The number of fused-ring (bicyclic) bond motifs is 1. The van der Waals surface area contributed by atoms with Gasteiger partial charge in [0.15, 0.2) is 0 Å². The van der Waals surface area contributed by atoms with Crippen molar-refractivity contribution in [3.8, 4) is 0 Å².